The van der Waals surface area contributed by atoms with Crippen molar-refractivity contribution in [3.63, 3.8) is 0 Å². The highest BCUT2D eigenvalue weighted by Crippen LogP contribution is 2.76. The molecule has 0 aromatic heterocycles. The number of alkyl halides is 7. The van der Waals surface area contributed by atoms with E-state index < -0.39 is 65.3 Å². The van der Waals surface area contributed by atoms with Crippen LogP contribution in [0.4, 0.5) is 18.9 Å². The van der Waals surface area contributed by atoms with Gasteiger partial charge in [-0.2, -0.15) is 13.2 Å². The summed E-state index contributed by atoms with van der Waals surface area (Å²) in [6.45, 7) is 0. The van der Waals surface area contributed by atoms with E-state index in [0.29, 0.717) is 12.1 Å². The van der Waals surface area contributed by atoms with Gasteiger partial charge in [0.25, 0.3) is 0 Å². The molecular weight excluding hydrogens is 559 g/mol. The molecule has 14 heteroatoms. The fourth-order valence-corrected chi connectivity index (χ4v) is 6.74. The van der Waals surface area contributed by atoms with Crippen molar-refractivity contribution in [3.8, 4) is 0 Å². The Labute approximate surface area is 202 Å². The maximum absolute atomic E-state index is 13.0. The van der Waals surface area contributed by atoms with Crippen LogP contribution in [0.2, 0.25) is 5.02 Å². The van der Waals surface area contributed by atoms with Crippen LogP contribution in [-0.4, -0.2) is 31.1 Å². The molecule has 4 nitrogen and oxygen atoms in total. The molecule has 4 unspecified atom stereocenters. The van der Waals surface area contributed by atoms with Gasteiger partial charge < -0.3 is 10.4 Å². The van der Waals surface area contributed by atoms with Gasteiger partial charge in [-0.15, -0.1) is 23.2 Å². The molecule has 0 heterocycles. The summed E-state index contributed by atoms with van der Waals surface area (Å²) in [5.74, 6) is -6.49. The van der Waals surface area contributed by atoms with E-state index in [0.717, 1.165) is 6.07 Å². The van der Waals surface area contributed by atoms with Gasteiger partial charge in [0.15, 0.2) is 4.33 Å². The van der Waals surface area contributed by atoms with Crippen LogP contribution >= 0.6 is 81.2 Å². The minimum absolute atomic E-state index is 0.252. The molecule has 30 heavy (non-hydrogen) atoms. The van der Waals surface area contributed by atoms with E-state index in [9.17, 15) is 27.9 Å². The molecule has 2 aliphatic rings. The minimum atomic E-state index is -4.73. The van der Waals surface area contributed by atoms with Crippen molar-refractivity contribution in [3.05, 3.63) is 38.8 Å². The van der Waals surface area contributed by atoms with Crippen molar-refractivity contribution in [1.82, 2.24) is 0 Å². The lowest BCUT2D eigenvalue weighted by Crippen LogP contribution is -2.47. The highest BCUT2D eigenvalue weighted by Gasteiger charge is 2.85. The van der Waals surface area contributed by atoms with E-state index in [1.165, 1.54) is 0 Å². The highest BCUT2D eigenvalue weighted by atomic mass is 35.5. The number of hydrogen-bond acceptors (Lipinski definition) is 2. The fourth-order valence-electron chi connectivity index (χ4n) is 3.64. The molecule has 1 aromatic rings. The molecule has 2 N–H and O–H groups in total. The first-order chi connectivity index (χ1) is 13.5. The summed E-state index contributed by atoms with van der Waals surface area (Å²) in [5, 5.41) is 10.7. The number of allylic oxidation sites excluding steroid dienone is 2. The average Bonchev–Trinajstić information content (AvgIpc) is 2.82. The molecule has 1 saturated carbocycles. The molecule has 0 spiro atoms. The molecule has 4 atom stereocenters. The Balaban J connectivity index is 2.10. The number of fused-ring (bicyclic) bond motifs is 2. The van der Waals surface area contributed by atoms with Crippen LogP contribution in [0.5, 0.6) is 0 Å². The van der Waals surface area contributed by atoms with Gasteiger partial charge in [-0.3, -0.25) is 9.59 Å². The zero-order chi connectivity index (χ0) is 23.0. The third kappa shape index (κ3) is 3.04. The number of nitrogens with one attached hydrogen (secondary N) is 1. The lowest BCUT2D eigenvalue weighted by molar-refractivity contribution is -0.146. The van der Waals surface area contributed by atoms with Crippen LogP contribution < -0.4 is 5.32 Å². The number of hydrogen-bond donors (Lipinski definition) is 2. The SMILES string of the molecule is O=C(O)C1C(C(=O)Nc2cc(C(F)(F)F)ccc2Cl)C2(Cl)C(Cl)=C(Cl)C1(Cl)C2(Cl)Cl. The quantitative estimate of drug-likeness (QED) is 0.413. The number of benzene rings is 1. The second-order valence-corrected chi connectivity index (χ2v) is 10.3. The Kier molecular flexibility index (Phi) is 5.99. The van der Waals surface area contributed by atoms with Crippen LogP contribution in [0.15, 0.2) is 28.3 Å². The number of carboxylic acid groups (broad SMARTS) is 1. The van der Waals surface area contributed by atoms with E-state index in [1.54, 1.807) is 0 Å². The maximum Gasteiger partial charge on any atom is 0.416 e. The number of carbonyl (C=O) groups is 2. The predicted octanol–water partition coefficient (Wildman–Crippen LogP) is 6.46. The maximum atomic E-state index is 13.0. The second kappa shape index (κ2) is 7.37. The van der Waals surface area contributed by atoms with Crippen molar-refractivity contribution in [2.45, 2.75) is 20.3 Å². The second-order valence-electron chi connectivity index (χ2n) is 6.60. The molecule has 1 amide bonds. The molecular formula is C16H7Cl7F3NO3. The van der Waals surface area contributed by atoms with Gasteiger partial charge in [-0.1, -0.05) is 58.0 Å². The lowest BCUT2D eigenvalue weighted by Gasteiger charge is -2.33. The summed E-state index contributed by atoms with van der Waals surface area (Å²) in [7, 11) is 0. The smallest absolute Gasteiger partial charge is 0.416 e. The standard InChI is InChI=1S/C16H7Cl7F3NO3/c17-5-2-1-4(15(24,25)26)3-6(5)27-11(28)7-8(12(29)30)14(21)10(19)9(18)13(7,20)16(14,22)23/h1-3,7-8H,(H,27,28)(H,29,30). The molecule has 1 aromatic carbocycles. The summed E-state index contributed by atoms with van der Waals surface area (Å²) in [6.07, 6.45) is -4.73. The summed E-state index contributed by atoms with van der Waals surface area (Å²) in [5.41, 5.74) is -1.56. The Morgan fingerprint density at radius 1 is 0.967 bits per heavy atom. The first kappa shape index (κ1) is 24.4. The Hall–Kier alpha value is -0.280. The molecule has 0 saturated heterocycles. The predicted molar refractivity (Wildman–Crippen MR) is 110 cm³/mol. The Morgan fingerprint density at radius 3 is 1.93 bits per heavy atom. The highest BCUT2D eigenvalue weighted by molar-refractivity contribution is 6.66. The van der Waals surface area contributed by atoms with Gasteiger partial charge in [0.1, 0.15) is 9.75 Å². The van der Waals surface area contributed by atoms with Crippen LogP contribution in [-0.2, 0) is 15.8 Å². The lowest BCUT2D eigenvalue weighted by atomic mass is 9.81. The number of anilines is 1. The average molecular weight is 566 g/mol. The van der Waals surface area contributed by atoms with E-state index in [-0.39, 0.29) is 5.02 Å². The number of carboxylic acids is 1. The number of amides is 1. The minimum Gasteiger partial charge on any atom is -0.481 e. The van der Waals surface area contributed by atoms with Crippen LogP contribution in [0, 0.1) is 11.8 Å². The molecule has 164 valence electrons. The van der Waals surface area contributed by atoms with Gasteiger partial charge in [0.05, 0.1) is 38.2 Å². The van der Waals surface area contributed by atoms with E-state index in [2.05, 4.69) is 5.32 Å². The number of aliphatic carboxylic acids is 1. The Morgan fingerprint density at radius 2 is 1.47 bits per heavy atom. The monoisotopic (exact) mass is 563 g/mol. The summed E-state index contributed by atoms with van der Waals surface area (Å²) < 4.78 is 36.6. The van der Waals surface area contributed by atoms with E-state index in [4.69, 9.17) is 81.2 Å². The van der Waals surface area contributed by atoms with Crippen LogP contribution in [0.1, 0.15) is 5.56 Å². The number of halogens is 10. The molecule has 1 fully saturated rings. The third-order valence-corrected chi connectivity index (χ3v) is 9.62. The normalized spacial score (nSPS) is 32.5. The van der Waals surface area contributed by atoms with Crippen molar-refractivity contribution in [2.24, 2.45) is 11.8 Å². The third-order valence-electron chi connectivity index (χ3n) is 5.04. The topological polar surface area (TPSA) is 66.4 Å². The zero-order valence-electron chi connectivity index (χ0n) is 13.9. The van der Waals surface area contributed by atoms with Crippen LogP contribution in [0.25, 0.3) is 0 Å². The molecule has 0 aliphatic heterocycles. The van der Waals surface area contributed by atoms with Gasteiger partial charge in [0.2, 0.25) is 5.91 Å². The first-order valence-corrected chi connectivity index (χ1v) is 10.4. The van der Waals surface area contributed by atoms with Gasteiger partial charge in [-0.05, 0) is 18.2 Å². The van der Waals surface area contributed by atoms with Crippen molar-refractivity contribution >= 4 is 98.8 Å². The number of rotatable bonds is 3. The largest absolute Gasteiger partial charge is 0.481 e. The van der Waals surface area contributed by atoms with Crippen LogP contribution in [0.3, 0.4) is 0 Å². The zero-order valence-corrected chi connectivity index (χ0v) is 19.2. The van der Waals surface area contributed by atoms with Gasteiger partial charge in [-0.25, -0.2) is 0 Å². The number of carbonyl (C=O) groups excluding carboxylic acids is 1. The first-order valence-electron chi connectivity index (χ1n) is 7.75. The molecule has 0 radical (unpaired) electrons. The fraction of sp³-hybridized carbons (Fsp3) is 0.375. The van der Waals surface area contributed by atoms with E-state index in [1.807, 2.05) is 0 Å². The van der Waals surface area contributed by atoms with Crippen molar-refractivity contribution in [2.75, 3.05) is 5.32 Å². The van der Waals surface area contributed by atoms with Crippen molar-refractivity contribution in [1.29, 1.82) is 0 Å². The summed E-state index contributed by atoms with van der Waals surface area (Å²) in [4.78, 5) is 20.4. The molecule has 3 rings (SSSR count). The van der Waals surface area contributed by atoms with Gasteiger partial charge >= 0.3 is 12.1 Å². The Bertz CT molecular complexity index is 999. The van der Waals surface area contributed by atoms with Crippen molar-refractivity contribution < 1.29 is 27.9 Å². The summed E-state index contributed by atoms with van der Waals surface area (Å²) >= 11 is 43.5. The van der Waals surface area contributed by atoms with Gasteiger partial charge in [0, 0.05) is 0 Å². The molecule has 2 bridgehead atoms. The molecule has 2 aliphatic carbocycles. The summed E-state index contributed by atoms with van der Waals surface area (Å²) in [6, 6.07) is 2.18. The van der Waals surface area contributed by atoms with E-state index >= 15 is 0 Å².